The first-order valence-electron chi connectivity index (χ1n) is 12.3. The number of para-hydroxylation sites is 1. The summed E-state index contributed by atoms with van der Waals surface area (Å²) in [6, 6.07) is 29.1. The summed E-state index contributed by atoms with van der Waals surface area (Å²) in [6.07, 6.45) is 6.14. The van der Waals surface area contributed by atoms with E-state index in [0.717, 1.165) is 0 Å². The zero-order chi connectivity index (χ0) is 23.2. The maximum absolute atomic E-state index is 2.36. The fourth-order valence-corrected chi connectivity index (χ4v) is 4.68. The van der Waals surface area contributed by atoms with E-state index in [-0.39, 0.29) is 10.8 Å². The highest BCUT2D eigenvalue weighted by Gasteiger charge is 2.22. The summed E-state index contributed by atoms with van der Waals surface area (Å²) in [6.45, 7) is 14.0. The first-order chi connectivity index (χ1) is 15.3. The SMILES string of the molecule is CCCCC(C)(C)c1ccc(N(c2ccccc2)c2ccc(C(C)(C)CCC)cc2)cc1. The number of anilines is 3. The van der Waals surface area contributed by atoms with Crippen LogP contribution in [-0.2, 0) is 10.8 Å². The van der Waals surface area contributed by atoms with Crippen LogP contribution in [0.1, 0.15) is 84.8 Å². The predicted octanol–water partition coefficient (Wildman–Crippen LogP) is 9.70. The van der Waals surface area contributed by atoms with E-state index in [1.54, 1.807) is 0 Å². The van der Waals surface area contributed by atoms with Gasteiger partial charge in [-0.2, -0.15) is 0 Å². The highest BCUT2D eigenvalue weighted by molar-refractivity contribution is 5.76. The molecule has 32 heavy (non-hydrogen) atoms. The van der Waals surface area contributed by atoms with Gasteiger partial charge in [0.2, 0.25) is 0 Å². The van der Waals surface area contributed by atoms with E-state index in [4.69, 9.17) is 0 Å². The van der Waals surface area contributed by atoms with Crippen LogP contribution in [0.2, 0.25) is 0 Å². The standard InChI is InChI=1S/C31H41N/c1-7-9-24-31(5,6)26-17-21-29(22-18-26)32(27-13-11-10-12-14-27)28-19-15-25(16-20-28)30(3,4)23-8-2/h10-22H,7-9,23-24H2,1-6H3. The van der Waals surface area contributed by atoms with E-state index in [0.29, 0.717) is 0 Å². The van der Waals surface area contributed by atoms with Crippen LogP contribution >= 0.6 is 0 Å². The van der Waals surface area contributed by atoms with Gasteiger partial charge in [0.1, 0.15) is 0 Å². The van der Waals surface area contributed by atoms with Crippen LogP contribution in [0.3, 0.4) is 0 Å². The zero-order valence-corrected chi connectivity index (χ0v) is 21.0. The van der Waals surface area contributed by atoms with Crippen LogP contribution in [0.5, 0.6) is 0 Å². The van der Waals surface area contributed by atoms with E-state index in [1.165, 1.54) is 60.3 Å². The van der Waals surface area contributed by atoms with E-state index >= 15 is 0 Å². The number of unbranched alkanes of at least 4 members (excludes halogenated alkanes) is 1. The normalized spacial score (nSPS) is 12.1. The molecule has 0 unspecified atom stereocenters. The van der Waals surface area contributed by atoms with Crippen molar-refractivity contribution in [1.82, 2.24) is 0 Å². The van der Waals surface area contributed by atoms with Crippen LogP contribution in [0.15, 0.2) is 78.9 Å². The molecule has 1 nitrogen and oxygen atoms in total. The quantitative estimate of drug-likeness (QED) is 0.311. The Labute approximate surface area is 196 Å². The molecule has 3 rings (SSSR count). The van der Waals surface area contributed by atoms with Gasteiger partial charge in [0.25, 0.3) is 0 Å². The molecule has 0 aromatic heterocycles. The summed E-state index contributed by atoms with van der Waals surface area (Å²) in [5.41, 5.74) is 6.82. The topological polar surface area (TPSA) is 3.24 Å². The van der Waals surface area contributed by atoms with Crippen LogP contribution in [0.25, 0.3) is 0 Å². The van der Waals surface area contributed by atoms with Gasteiger partial charge >= 0.3 is 0 Å². The molecule has 0 N–H and O–H groups in total. The molecule has 0 radical (unpaired) electrons. The van der Waals surface area contributed by atoms with Gasteiger partial charge in [0.05, 0.1) is 0 Å². The number of nitrogens with zero attached hydrogens (tertiary/aromatic N) is 1. The van der Waals surface area contributed by atoms with Crippen molar-refractivity contribution in [3.8, 4) is 0 Å². The van der Waals surface area contributed by atoms with Crippen molar-refractivity contribution in [2.75, 3.05) is 4.90 Å². The van der Waals surface area contributed by atoms with Crippen molar-refractivity contribution in [2.45, 2.75) is 84.5 Å². The van der Waals surface area contributed by atoms with Crippen LogP contribution in [0.4, 0.5) is 17.1 Å². The Hall–Kier alpha value is -2.54. The van der Waals surface area contributed by atoms with Gasteiger partial charge in [0.15, 0.2) is 0 Å². The average molecular weight is 428 g/mol. The van der Waals surface area contributed by atoms with Gasteiger partial charge in [-0.3, -0.25) is 0 Å². The average Bonchev–Trinajstić information content (AvgIpc) is 2.79. The largest absolute Gasteiger partial charge is 0.311 e. The van der Waals surface area contributed by atoms with Crippen molar-refractivity contribution < 1.29 is 0 Å². The number of rotatable bonds is 10. The molecule has 0 aliphatic carbocycles. The molecule has 0 saturated heterocycles. The molecule has 0 atom stereocenters. The van der Waals surface area contributed by atoms with Crippen molar-refractivity contribution in [3.63, 3.8) is 0 Å². The second-order valence-corrected chi connectivity index (χ2v) is 10.4. The number of hydrogen-bond acceptors (Lipinski definition) is 1. The molecule has 0 heterocycles. The third-order valence-electron chi connectivity index (χ3n) is 6.86. The lowest BCUT2D eigenvalue weighted by atomic mass is 9.80. The summed E-state index contributed by atoms with van der Waals surface area (Å²) in [7, 11) is 0. The van der Waals surface area contributed by atoms with E-state index in [9.17, 15) is 0 Å². The second kappa shape index (κ2) is 10.4. The Morgan fingerprint density at radius 3 is 1.41 bits per heavy atom. The summed E-state index contributed by atoms with van der Waals surface area (Å²) in [4.78, 5) is 2.36. The molecule has 0 aliphatic heterocycles. The molecule has 0 fully saturated rings. The monoisotopic (exact) mass is 427 g/mol. The van der Waals surface area contributed by atoms with Crippen molar-refractivity contribution in [1.29, 1.82) is 0 Å². The molecule has 170 valence electrons. The Bertz CT molecular complexity index is 950. The van der Waals surface area contributed by atoms with Crippen LogP contribution < -0.4 is 4.90 Å². The van der Waals surface area contributed by atoms with E-state index in [2.05, 4.69) is 125 Å². The third-order valence-corrected chi connectivity index (χ3v) is 6.86. The fourth-order valence-electron chi connectivity index (χ4n) is 4.68. The molecule has 0 aliphatic rings. The summed E-state index contributed by atoms with van der Waals surface area (Å²) < 4.78 is 0. The summed E-state index contributed by atoms with van der Waals surface area (Å²) in [5, 5.41) is 0. The third kappa shape index (κ3) is 5.63. The lowest BCUT2D eigenvalue weighted by Gasteiger charge is -2.29. The highest BCUT2D eigenvalue weighted by atomic mass is 15.1. The molecule has 0 spiro atoms. The molecule has 3 aromatic carbocycles. The van der Waals surface area contributed by atoms with E-state index in [1.807, 2.05) is 0 Å². The predicted molar refractivity (Wildman–Crippen MR) is 142 cm³/mol. The van der Waals surface area contributed by atoms with Crippen molar-refractivity contribution in [3.05, 3.63) is 90.0 Å². The minimum Gasteiger partial charge on any atom is -0.311 e. The fraction of sp³-hybridized carbons (Fsp3) is 0.419. The van der Waals surface area contributed by atoms with Gasteiger partial charge in [-0.15, -0.1) is 0 Å². The smallest absolute Gasteiger partial charge is 0.0461 e. The Balaban J connectivity index is 1.96. The Morgan fingerprint density at radius 2 is 0.969 bits per heavy atom. The Morgan fingerprint density at radius 1 is 0.531 bits per heavy atom. The second-order valence-electron chi connectivity index (χ2n) is 10.4. The van der Waals surface area contributed by atoms with Crippen molar-refractivity contribution >= 4 is 17.1 Å². The first kappa shape index (κ1) is 24.1. The van der Waals surface area contributed by atoms with Crippen LogP contribution in [0, 0.1) is 0 Å². The maximum Gasteiger partial charge on any atom is 0.0461 e. The lowest BCUT2D eigenvalue weighted by Crippen LogP contribution is -2.18. The van der Waals surface area contributed by atoms with Gasteiger partial charge in [-0.1, -0.05) is 103 Å². The van der Waals surface area contributed by atoms with Gasteiger partial charge in [-0.05, 0) is 71.2 Å². The van der Waals surface area contributed by atoms with Crippen molar-refractivity contribution in [2.24, 2.45) is 0 Å². The summed E-state index contributed by atoms with van der Waals surface area (Å²) >= 11 is 0. The number of benzene rings is 3. The minimum atomic E-state index is 0.205. The zero-order valence-electron chi connectivity index (χ0n) is 21.0. The molecule has 3 aromatic rings. The Kier molecular flexibility index (Phi) is 7.82. The number of hydrogen-bond donors (Lipinski definition) is 0. The van der Waals surface area contributed by atoms with Gasteiger partial charge in [-0.25, -0.2) is 0 Å². The lowest BCUT2D eigenvalue weighted by molar-refractivity contribution is 0.458. The minimum absolute atomic E-state index is 0.205. The molecule has 0 amide bonds. The molecule has 1 heteroatoms. The van der Waals surface area contributed by atoms with E-state index < -0.39 is 0 Å². The summed E-state index contributed by atoms with van der Waals surface area (Å²) in [5.74, 6) is 0. The maximum atomic E-state index is 2.36. The van der Waals surface area contributed by atoms with Gasteiger partial charge in [0, 0.05) is 17.1 Å². The molecular weight excluding hydrogens is 386 g/mol. The molecular formula is C31H41N. The molecule has 0 bridgehead atoms. The molecule has 0 saturated carbocycles. The van der Waals surface area contributed by atoms with Crippen LogP contribution in [-0.4, -0.2) is 0 Å². The highest BCUT2D eigenvalue weighted by Crippen LogP contribution is 2.38. The van der Waals surface area contributed by atoms with Gasteiger partial charge < -0.3 is 4.90 Å². The first-order valence-corrected chi connectivity index (χ1v) is 12.3.